The van der Waals surface area contributed by atoms with E-state index in [2.05, 4.69) is 0 Å². The van der Waals surface area contributed by atoms with Gasteiger partial charge in [-0.05, 0) is 24.6 Å². The number of nitrogens with zero attached hydrogens (tertiary/aromatic N) is 1. The lowest BCUT2D eigenvalue weighted by molar-refractivity contribution is -0.148. The lowest BCUT2D eigenvalue weighted by Crippen LogP contribution is -2.42. The predicted molar refractivity (Wildman–Crippen MR) is 75.4 cm³/mol. The summed E-state index contributed by atoms with van der Waals surface area (Å²) in [5, 5.41) is 18.9. The molecule has 0 bridgehead atoms. The molecule has 1 aliphatic heterocycles. The predicted octanol–water partition coefficient (Wildman–Crippen LogP) is 1.07. The first-order chi connectivity index (χ1) is 9.88. The molecule has 1 amide bonds. The first-order valence-corrected chi connectivity index (χ1v) is 6.85. The van der Waals surface area contributed by atoms with E-state index in [1.165, 1.54) is 0 Å². The molecule has 1 aromatic rings. The molecular weight excluding hydrogens is 298 g/mol. The Kier molecular flexibility index (Phi) is 4.69. The molecule has 1 heterocycles. The summed E-state index contributed by atoms with van der Waals surface area (Å²) in [5.74, 6) is -1.25. The molecule has 0 saturated carbocycles. The minimum absolute atomic E-state index is 0.000704. The number of hydrogen-bond acceptors (Lipinski definition) is 4. The van der Waals surface area contributed by atoms with Crippen LogP contribution in [0.5, 0.6) is 5.75 Å². The average Bonchev–Trinajstić information content (AvgIpc) is 2.82. The number of amides is 1. The van der Waals surface area contributed by atoms with E-state index in [0.717, 1.165) is 10.5 Å². The number of hydrogen-bond donors (Lipinski definition) is 2. The summed E-state index contributed by atoms with van der Waals surface area (Å²) in [6.07, 6.45) is -0.788. The molecule has 2 atom stereocenters. The van der Waals surface area contributed by atoms with Crippen molar-refractivity contribution in [1.29, 1.82) is 0 Å². The number of rotatable bonds is 4. The highest BCUT2D eigenvalue weighted by Gasteiger charge is 2.38. The van der Waals surface area contributed by atoms with Crippen molar-refractivity contribution in [3.8, 4) is 5.75 Å². The molecule has 114 valence electrons. The van der Waals surface area contributed by atoms with Gasteiger partial charge >= 0.3 is 5.97 Å². The molecule has 0 aliphatic carbocycles. The van der Waals surface area contributed by atoms with E-state index in [9.17, 15) is 14.7 Å². The van der Waals surface area contributed by atoms with Gasteiger partial charge in [0.2, 0.25) is 0 Å². The summed E-state index contributed by atoms with van der Waals surface area (Å²) in [4.78, 5) is 24.2. The quantitative estimate of drug-likeness (QED) is 0.868. The number of benzene rings is 1. The molecule has 0 radical (unpaired) electrons. The van der Waals surface area contributed by atoms with Gasteiger partial charge in [-0.1, -0.05) is 17.7 Å². The van der Waals surface area contributed by atoms with Crippen LogP contribution in [0.15, 0.2) is 18.2 Å². The van der Waals surface area contributed by atoms with Crippen molar-refractivity contribution in [1.82, 2.24) is 4.90 Å². The van der Waals surface area contributed by atoms with E-state index in [4.69, 9.17) is 21.4 Å². The minimum atomic E-state index is -1.13. The number of likely N-dealkylation sites (tertiary alicyclic amines) is 1. The van der Waals surface area contributed by atoms with Gasteiger partial charge in [-0.2, -0.15) is 0 Å². The Labute approximate surface area is 126 Å². The third-order valence-electron chi connectivity index (χ3n) is 3.32. The number of aliphatic hydroxyl groups is 1. The van der Waals surface area contributed by atoms with E-state index >= 15 is 0 Å². The standard InChI is InChI=1S/C14H16ClNO5/c1-8-2-3-10(15)12(4-8)21-7-13(18)16-6-9(17)5-11(16)14(19)20/h2-4,9,11,17H,5-7H2,1H3,(H,19,20)/t9?,11-/m0/s1. The SMILES string of the molecule is Cc1ccc(Cl)c(OCC(=O)N2CC(O)C[C@H]2C(=O)O)c1. The number of carboxylic acid groups (broad SMARTS) is 1. The molecule has 0 aromatic heterocycles. The van der Waals surface area contributed by atoms with Crippen LogP contribution in [-0.2, 0) is 9.59 Å². The minimum Gasteiger partial charge on any atom is -0.482 e. The highest BCUT2D eigenvalue weighted by molar-refractivity contribution is 6.32. The largest absolute Gasteiger partial charge is 0.482 e. The van der Waals surface area contributed by atoms with Gasteiger partial charge in [-0.25, -0.2) is 4.79 Å². The van der Waals surface area contributed by atoms with E-state index < -0.39 is 24.0 Å². The first-order valence-electron chi connectivity index (χ1n) is 6.47. The Balaban J connectivity index is 2.01. The van der Waals surface area contributed by atoms with Crippen LogP contribution in [0, 0.1) is 6.92 Å². The normalized spacial score (nSPS) is 21.4. The number of carbonyl (C=O) groups is 2. The maximum atomic E-state index is 12.1. The van der Waals surface area contributed by atoms with E-state index in [-0.39, 0.29) is 19.6 Å². The Hall–Kier alpha value is -1.79. The number of carboxylic acids is 1. The Morgan fingerprint density at radius 3 is 2.86 bits per heavy atom. The van der Waals surface area contributed by atoms with Crippen molar-refractivity contribution >= 4 is 23.5 Å². The molecule has 1 aliphatic rings. The zero-order valence-corrected chi connectivity index (χ0v) is 12.2. The molecular formula is C14H16ClNO5. The van der Waals surface area contributed by atoms with Gasteiger partial charge in [0.15, 0.2) is 6.61 Å². The monoisotopic (exact) mass is 313 g/mol. The molecule has 1 unspecified atom stereocenters. The van der Waals surface area contributed by atoms with Crippen molar-refractivity contribution in [3.63, 3.8) is 0 Å². The zero-order chi connectivity index (χ0) is 15.6. The maximum Gasteiger partial charge on any atom is 0.326 e. The number of aryl methyl sites for hydroxylation is 1. The smallest absolute Gasteiger partial charge is 0.326 e. The summed E-state index contributed by atoms with van der Waals surface area (Å²) in [6, 6.07) is 4.16. The second kappa shape index (κ2) is 6.32. The van der Waals surface area contributed by atoms with E-state index in [1.54, 1.807) is 12.1 Å². The lowest BCUT2D eigenvalue weighted by atomic mass is 10.2. The molecule has 21 heavy (non-hydrogen) atoms. The highest BCUT2D eigenvalue weighted by atomic mass is 35.5. The maximum absolute atomic E-state index is 12.1. The molecule has 0 spiro atoms. The van der Waals surface area contributed by atoms with Crippen molar-refractivity contribution < 1.29 is 24.5 Å². The van der Waals surface area contributed by atoms with Crippen molar-refractivity contribution in [2.24, 2.45) is 0 Å². The van der Waals surface area contributed by atoms with Crippen LogP contribution in [0.25, 0.3) is 0 Å². The van der Waals surface area contributed by atoms with Crippen LogP contribution in [0.1, 0.15) is 12.0 Å². The number of halogens is 1. The van der Waals surface area contributed by atoms with E-state index in [1.807, 2.05) is 13.0 Å². The van der Waals surface area contributed by atoms with Gasteiger partial charge in [-0.3, -0.25) is 4.79 Å². The third-order valence-corrected chi connectivity index (χ3v) is 3.63. The van der Waals surface area contributed by atoms with Crippen LogP contribution in [-0.4, -0.2) is 52.3 Å². The van der Waals surface area contributed by atoms with Crippen LogP contribution in [0.4, 0.5) is 0 Å². The molecule has 6 nitrogen and oxygen atoms in total. The topological polar surface area (TPSA) is 87.1 Å². The Bertz CT molecular complexity index is 562. The van der Waals surface area contributed by atoms with Crippen molar-refractivity contribution in [2.45, 2.75) is 25.5 Å². The summed E-state index contributed by atoms with van der Waals surface area (Å²) in [6.45, 7) is 1.54. The number of aliphatic carboxylic acids is 1. The summed E-state index contributed by atoms with van der Waals surface area (Å²) >= 11 is 5.96. The summed E-state index contributed by atoms with van der Waals surface area (Å²) in [5.41, 5.74) is 0.932. The van der Waals surface area contributed by atoms with Crippen LogP contribution in [0.2, 0.25) is 5.02 Å². The van der Waals surface area contributed by atoms with Gasteiger partial charge in [0.1, 0.15) is 11.8 Å². The van der Waals surface area contributed by atoms with Crippen LogP contribution < -0.4 is 4.74 Å². The zero-order valence-electron chi connectivity index (χ0n) is 11.5. The van der Waals surface area contributed by atoms with Gasteiger partial charge in [-0.15, -0.1) is 0 Å². The van der Waals surface area contributed by atoms with E-state index in [0.29, 0.717) is 10.8 Å². The first kappa shape index (κ1) is 15.6. The number of carbonyl (C=O) groups excluding carboxylic acids is 1. The highest BCUT2D eigenvalue weighted by Crippen LogP contribution is 2.25. The molecule has 7 heteroatoms. The van der Waals surface area contributed by atoms with Gasteiger partial charge < -0.3 is 19.8 Å². The van der Waals surface area contributed by atoms with Crippen LogP contribution >= 0.6 is 11.6 Å². The fourth-order valence-corrected chi connectivity index (χ4v) is 2.44. The second-order valence-electron chi connectivity index (χ2n) is 5.01. The number of ether oxygens (including phenoxy) is 1. The van der Waals surface area contributed by atoms with Gasteiger partial charge in [0.05, 0.1) is 11.1 Å². The second-order valence-corrected chi connectivity index (χ2v) is 5.42. The molecule has 1 fully saturated rings. The summed E-state index contributed by atoms with van der Waals surface area (Å²) in [7, 11) is 0. The lowest BCUT2D eigenvalue weighted by Gasteiger charge is -2.21. The van der Waals surface area contributed by atoms with Gasteiger partial charge in [0, 0.05) is 13.0 Å². The summed E-state index contributed by atoms with van der Waals surface area (Å²) < 4.78 is 5.36. The third kappa shape index (κ3) is 3.65. The van der Waals surface area contributed by atoms with Crippen LogP contribution in [0.3, 0.4) is 0 Å². The van der Waals surface area contributed by atoms with Gasteiger partial charge in [0.25, 0.3) is 5.91 Å². The molecule has 2 rings (SSSR count). The average molecular weight is 314 g/mol. The molecule has 2 N–H and O–H groups in total. The fourth-order valence-electron chi connectivity index (χ4n) is 2.27. The fraction of sp³-hybridized carbons (Fsp3) is 0.429. The number of aliphatic hydroxyl groups excluding tert-OH is 1. The van der Waals surface area contributed by atoms with Crippen molar-refractivity contribution in [3.05, 3.63) is 28.8 Å². The Morgan fingerprint density at radius 2 is 2.19 bits per heavy atom. The molecule has 1 saturated heterocycles. The van der Waals surface area contributed by atoms with Crippen molar-refractivity contribution in [2.75, 3.05) is 13.2 Å². The Morgan fingerprint density at radius 1 is 1.48 bits per heavy atom. The number of β-amino-alcohol motifs (C(OH)–C–C–N with tert-alkyl or cyclic N) is 1. The molecule has 1 aromatic carbocycles.